The van der Waals surface area contributed by atoms with Gasteiger partial charge < -0.3 is 15.7 Å². The van der Waals surface area contributed by atoms with Gasteiger partial charge in [-0.15, -0.1) is 0 Å². The van der Waals surface area contributed by atoms with Crippen molar-refractivity contribution in [1.29, 1.82) is 0 Å². The van der Waals surface area contributed by atoms with Crippen LogP contribution in [0.15, 0.2) is 23.1 Å². The Morgan fingerprint density at radius 3 is 2.50 bits per heavy atom. The zero-order valence-corrected chi connectivity index (χ0v) is 11.2. The lowest BCUT2D eigenvalue weighted by Crippen LogP contribution is -2.36. The van der Waals surface area contributed by atoms with Crippen LogP contribution < -0.4 is 10.6 Å². The summed E-state index contributed by atoms with van der Waals surface area (Å²) >= 11 is 0. The highest BCUT2D eigenvalue weighted by molar-refractivity contribution is 7.90. The summed E-state index contributed by atoms with van der Waals surface area (Å²) in [5.41, 5.74) is 6.99. The van der Waals surface area contributed by atoms with Crippen molar-refractivity contribution in [2.45, 2.75) is 23.8 Å². The molecule has 0 saturated carbocycles. The van der Waals surface area contributed by atoms with Gasteiger partial charge in [-0.3, -0.25) is 0 Å². The minimum absolute atomic E-state index is 0.172. The molecule has 0 aromatic heterocycles. The van der Waals surface area contributed by atoms with Gasteiger partial charge in [0.1, 0.15) is 0 Å². The van der Waals surface area contributed by atoms with Gasteiger partial charge >= 0.3 is 0 Å². The molecule has 0 atom stereocenters. The average Bonchev–Trinajstić information content (AvgIpc) is 2.29. The molecule has 1 aromatic carbocycles. The van der Waals surface area contributed by atoms with Crippen molar-refractivity contribution in [2.24, 2.45) is 0 Å². The summed E-state index contributed by atoms with van der Waals surface area (Å²) in [4.78, 5) is 2.20. The van der Waals surface area contributed by atoms with Gasteiger partial charge in [-0.25, -0.2) is 8.42 Å². The van der Waals surface area contributed by atoms with E-state index in [1.165, 1.54) is 6.07 Å². The standard InChI is InChI=1S/C12H18N2O3S/c1-18(16,17)11-4-2-3-10(12(11)13)14-7-5-9(15)6-8-14/h2-4,9,15H,5-8,13H2,1H3. The van der Waals surface area contributed by atoms with Crippen LogP contribution in [0.25, 0.3) is 0 Å². The molecule has 1 heterocycles. The largest absolute Gasteiger partial charge is 0.396 e. The first kappa shape index (κ1) is 13.2. The number of hydrogen-bond donors (Lipinski definition) is 2. The molecule has 0 amide bonds. The molecule has 1 aromatic rings. The molecule has 1 aliphatic rings. The van der Waals surface area contributed by atoms with E-state index < -0.39 is 9.84 Å². The lowest BCUT2D eigenvalue weighted by molar-refractivity contribution is 0.145. The molecule has 3 N–H and O–H groups in total. The average molecular weight is 270 g/mol. The summed E-state index contributed by atoms with van der Waals surface area (Å²) in [7, 11) is -3.31. The number of piperidine rings is 1. The van der Waals surface area contributed by atoms with E-state index in [-0.39, 0.29) is 11.0 Å². The number of aliphatic hydroxyl groups is 1. The number of nitrogen functional groups attached to an aromatic ring is 1. The maximum Gasteiger partial charge on any atom is 0.177 e. The summed E-state index contributed by atoms with van der Waals surface area (Å²) in [6.45, 7) is 1.39. The molecule has 5 nitrogen and oxygen atoms in total. The first-order valence-corrected chi connectivity index (χ1v) is 7.80. The van der Waals surface area contributed by atoms with Crippen LogP contribution in [0.1, 0.15) is 12.8 Å². The Kier molecular flexibility index (Phi) is 3.49. The summed E-state index contributed by atoms with van der Waals surface area (Å²) in [6.07, 6.45) is 2.26. The van der Waals surface area contributed by atoms with Crippen LogP contribution in [0.2, 0.25) is 0 Å². The van der Waals surface area contributed by atoms with Crippen LogP contribution in [0.4, 0.5) is 11.4 Å². The molecule has 18 heavy (non-hydrogen) atoms. The monoisotopic (exact) mass is 270 g/mol. The SMILES string of the molecule is CS(=O)(=O)c1cccc(N2CCC(O)CC2)c1N. The summed E-state index contributed by atoms with van der Waals surface area (Å²) in [5, 5.41) is 9.47. The number of aliphatic hydroxyl groups excluding tert-OH is 1. The van der Waals surface area contributed by atoms with Crippen LogP contribution in [0.5, 0.6) is 0 Å². The molecule has 1 fully saturated rings. The van der Waals surface area contributed by atoms with Crippen LogP contribution in [0, 0.1) is 0 Å². The van der Waals surface area contributed by atoms with Gasteiger partial charge in [0.15, 0.2) is 9.84 Å². The van der Waals surface area contributed by atoms with E-state index in [4.69, 9.17) is 5.73 Å². The second-order valence-corrected chi connectivity index (χ2v) is 6.66. The third kappa shape index (κ3) is 2.59. The highest BCUT2D eigenvalue weighted by Crippen LogP contribution is 2.31. The van der Waals surface area contributed by atoms with Crippen LogP contribution in [0.3, 0.4) is 0 Å². The zero-order valence-electron chi connectivity index (χ0n) is 10.3. The fourth-order valence-electron chi connectivity index (χ4n) is 2.24. The number of sulfone groups is 1. The summed E-state index contributed by atoms with van der Waals surface area (Å²) in [6, 6.07) is 5.04. The molecule has 0 bridgehead atoms. The van der Waals surface area contributed by atoms with E-state index >= 15 is 0 Å². The molecular formula is C12H18N2O3S. The highest BCUT2D eigenvalue weighted by Gasteiger charge is 2.21. The normalized spacial score (nSPS) is 18.0. The predicted molar refractivity (Wildman–Crippen MR) is 71.4 cm³/mol. The Morgan fingerprint density at radius 1 is 1.33 bits per heavy atom. The van der Waals surface area contributed by atoms with E-state index in [1.54, 1.807) is 6.07 Å². The molecular weight excluding hydrogens is 252 g/mol. The second kappa shape index (κ2) is 4.78. The summed E-state index contributed by atoms with van der Waals surface area (Å²) < 4.78 is 23.2. The van der Waals surface area contributed by atoms with Gasteiger partial charge in [-0.05, 0) is 25.0 Å². The van der Waals surface area contributed by atoms with E-state index in [0.717, 1.165) is 11.9 Å². The van der Waals surface area contributed by atoms with Crippen molar-refractivity contribution < 1.29 is 13.5 Å². The lowest BCUT2D eigenvalue weighted by Gasteiger charge is -2.32. The Bertz CT molecular complexity index is 534. The minimum atomic E-state index is -3.31. The van der Waals surface area contributed by atoms with Gasteiger partial charge in [0, 0.05) is 19.3 Å². The molecule has 100 valence electrons. The van der Waals surface area contributed by atoms with Crippen LogP contribution in [-0.2, 0) is 9.84 Å². The third-order valence-electron chi connectivity index (χ3n) is 3.25. The second-order valence-electron chi connectivity index (χ2n) is 4.68. The highest BCUT2D eigenvalue weighted by atomic mass is 32.2. The number of nitrogens with two attached hydrogens (primary N) is 1. The van der Waals surface area contributed by atoms with Crippen molar-refractivity contribution in [3.8, 4) is 0 Å². The smallest absolute Gasteiger partial charge is 0.177 e. The fraction of sp³-hybridized carbons (Fsp3) is 0.500. The van der Waals surface area contributed by atoms with Crippen molar-refractivity contribution >= 4 is 21.2 Å². The molecule has 0 aliphatic carbocycles. The molecule has 0 radical (unpaired) electrons. The van der Waals surface area contributed by atoms with E-state index in [9.17, 15) is 13.5 Å². The summed E-state index contributed by atoms with van der Waals surface area (Å²) in [5.74, 6) is 0. The van der Waals surface area contributed by atoms with E-state index in [2.05, 4.69) is 0 Å². The number of hydrogen-bond acceptors (Lipinski definition) is 5. The Morgan fingerprint density at radius 2 is 1.94 bits per heavy atom. The maximum absolute atomic E-state index is 11.6. The molecule has 1 aliphatic heterocycles. The molecule has 2 rings (SSSR count). The zero-order chi connectivity index (χ0) is 13.3. The van der Waals surface area contributed by atoms with Crippen molar-refractivity contribution in [1.82, 2.24) is 0 Å². The molecule has 6 heteroatoms. The first-order chi connectivity index (χ1) is 8.39. The maximum atomic E-state index is 11.6. The first-order valence-electron chi connectivity index (χ1n) is 5.91. The molecule has 0 spiro atoms. The fourth-order valence-corrected chi connectivity index (χ4v) is 3.07. The lowest BCUT2D eigenvalue weighted by atomic mass is 10.1. The number of anilines is 2. The third-order valence-corrected chi connectivity index (χ3v) is 4.40. The van der Waals surface area contributed by atoms with Crippen LogP contribution in [-0.4, -0.2) is 39.0 Å². The van der Waals surface area contributed by atoms with Gasteiger partial charge in [-0.1, -0.05) is 6.07 Å². The van der Waals surface area contributed by atoms with Gasteiger partial charge in [0.25, 0.3) is 0 Å². The van der Waals surface area contributed by atoms with Crippen molar-refractivity contribution in [3.63, 3.8) is 0 Å². The number of rotatable bonds is 2. The van der Waals surface area contributed by atoms with Crippen molar-refractivity contribution in [2.75, 3.05) is 30.0 Å². The number of para-hydroxylation sites is 1. The Labute approximate surface area is 107 Å². The topological polar surface area (TPSA) is 83.6 Å². The van der Waals surface area contributed by atoms with Gasteiger partial charge in [0.2, 0.25) is 0 Å². The minimum Gasteiger partial charge on any atom is -0.396 e. The van der Waals surface area contributed by atoms with E-state index in [0.29, 0.717) is 31.6 Å². The molecule has 0 unspecified atom stereocenters. The van der Waals surface area contributed by atoms with Crippen LogP contribution >= 0.6 is 0 Å². The van der Waals surface area contributed by atoms with E-state index in [1.807, 2.05) is 11.0 Å². The van der Waals surface area contributed by atoms with Gasteiger partial charge in [-0.2, -0.15) is 0 Å². The number of nitrogens with zero attached hydrogens (tertiary/aromatic N) is 1. The number of benzene rings is 1. The quantitative estimate of drug-likeness (QED) is 0.770. The molecule has 1 saturated heterocycles. The Balaban J connectivity index is 2.35. The predicted octanol–water partition coefficient (Wildman–Crippen LogP) is 0.633. The van der Waals surface area contributed by atoms with Gasteiger partial charge in [0.05, 0.1) is 22.4 Å². The Hall–Kier alpha value is -1.27. The van der Waals surface area contributed by atoms with Crippen molar-refractivity contribution in [3.05, 3.63) is 18.2 Å².